The summed E-state index contributed by atoms with van der Waals surface area (Å²) in [5.74, 6) is -0.753. The Hall–Kier alpha value is -2.95. The van der Waals surface area contributed by atoms with Crippen LogP contribution in [0.15, 0.2) is 36.4 Å². The van der Waals surface area contributed by atoms with Crippen LogP contribution in [-0.4, -0.2) is 28.4 Å². The lowest BCUT2D eigenvalue weighted by molar-refractivity contribution is -0.130. The number of carbonyl (C=O) groups is 1. The van der Waals surface area contributed by atoms with Crippen molar-refractivity contribution in [1.82, 2.24) is 0 Å². The van der Waals surface area contributed by atoms with Crippen LogP contribution in [0.1, 0.15) is 16.7 Å². The number of ether oxygens (including phenoxy) is 1. The molecule has 3 N–H and O–H groups in total. The highest BCUT2D eigenvalue weighted by Gasteiger charge is 2.14. The molecule has 2 aromatic carbocycles. The van der Waals surface area contributed by atoms with E-state index >= 15 is 0 Å². The molecule has 114 valence electrons. The van der Waals surface area contributed by atoms with Crippen LogP contribution in [0, 0.1) is 6.92 Å². The summed E-state index contributed by atoms with van der Waals surface area (Å²) in [6.07, 6.45) is 1.37. The number of phenolic OH excluding ortho intramolecular Hbond substituents is 2. The molecular weight excluding hydrogens is 284 g/mol. The summed E-state index contributed by atoms with van der Waals surface area (Å²) in [6.45, 7) is 1.78. The Labute approximate surface area is 127 Å². The molecule has 0 bridgehead atoms. The number of rotatable bonds is 4. The van der Waals surface area contributed by atoms with E-state index in [1.165, 1.54) is 25.3 Å². The predicted molar refractivity (Wildman–Crippen MR) is 83.0 cm³/mol. The quantitative estimate of drug-likeness (QED) is 0.597. The molecule has 0 fully saturated rings. The molecule has 0 aliphatic rings. The molecule has 0 amide bonds. The molecule has 5 nitrogen and oxygen atoms in total. The van der Waals surface area contributed by atoms with Crippen LogP contribution in [0.2, 0.25) is 0 Å². The molecule has 2 aromatic rings. The summed E-state index contributed by atoms with van der Waals surface area (Å²) in [4.78, 5) is 11.6. The van der Waals surface area contributed by atoms with Gasteiger partial charge in [-0.05, 0) is 48.4 Å². The van der Waals surface area contributed by atoms with Gasteiger partial charge in [0.1, 0.15) is 17.2 Å². The van der Waals surface area contributed by atoms with Crippen molar-refractivity contribution in [1.29, 1.82) is 0 Å². The van der Waals surface area contributed by atoms with Crippen molar-refractivity contribution in [3.8, 4) is 17.2 Å². The van der Waals surface area contributed by atoms with Crippen LogP contribution < -0.4 is 4.74 Å². The zero-order valence-corrected chi connectivity index (χ0v) is 12.2. The molecule has 0 aromatic heterocycles. The largest absolute Gasteiger partial charge is 0.508 e. The van der Waals surface area contributed by atoms with E-state index in [0.29, 0.717) is 16.9 Å². The summed E-state index contributed by atoms with van der Waals surface area (Å²) in [5, 5.41) is 28.5. The first-order valence-electron chi connectivity index (χ1n) is 6.54. The lowest BCUT2D eigenvalue weighted by Crippen LogP contribution is -2.02. The molecule has 0 aliphatic carbocycles. The van der Waals surface area contributed by atoms with Crippen LogP contribution >= 0.6 is 0 Å². The standard InChI is InChI=1S/C17H16O5/c1-10-7-13(22-2)5-6-14(10)15(17(20)21)8-11-3-4-12(18)9-16(11)19/h3-9,18-19H,1-2H3,(H,20,21)/b15-8-. The zero-order chi connectivity index (χ0) is 16.3. The number of phenols is 2. The van der Waals surface area contributed by atoms with Crippen molar-refractivity contribution in [2.24, 2.45) is 0 Å². The minimum absolute atomic E-state index is 0.0427. The molecule has 22 heavy (non-hydrogen) atoms. The number of aliphatic carboxylic acids is 1. The van der Waals surface area contributed by atoms with Gasteiger partial charge in [0, 0.05) is 11.6 Å². The first kappa shape index (κ1) is 15.4. The van der Waals surface area contributed by atoms with Gasteiger partial charge in [0.25, 0.3) is 0 Å². The number of methoxy groups -OCH3 is 1. The van der Waals surface area contributed by atoms with Gasteiger partial charge in [-0.2, -0.15) is 0 Å². The monoisotopic (exact) mass is 300 g/mol. The van der Waals surface area contributed by atoms with E-state index in [9.17, 15) is 20.1 Å². The first-order chi connectivity index (χ1) is 10.4. The average Bonchev–Trinajstić information content (AvgIpc) is 2.46. The molecule has 0 aliphatic heterocycles. The third kappa shape index (κ3) is 3.20. The Bertz CT molecular complexity index is 747. The number of carboxylic acid groups (broad SMARTS) is 1. The molecule has 0 heterocycles. The Morgan fingerprint density at radius 2 is 1.86 bits per heavy atom. The lowest BCUT2D eigenvalue weighted by Gasteiger charge is -2.10. The Morgan fingerprint density at radius 1 is 1.14 bits per heavy atom. The van der Waals surface area contributed by atoms with Crippen molar-refractivity contribution >= 4 is 17.6 Å². The zero-order valence-electron chi connectivity index (χ0n) is 12.2. The average molecular weight is 300 g/mol. The van der Waals surface area contributed by atoms with Crippen LogP contribution in [0.25, 0.3) is 11.6 Å². The predicted octanol–water partition coefficient (Wildman–Crippen LogP) is 3.04. The van der Waals surface area contributed by atoms with E-state index in [1.54, 1.807) is 25.1 Å². The highest BCUT2D eigenvalue weighted by Crippen LogP contribution is 2.29. The molecule has 0 radical (unpaired) electrons. The molecule has 5 heteroatoms. The first-order valence-corrected chi connectivity index (χ1v) is 6.54. The summed E-state index contributed by atoms with van der Waals surface area (Å²) in [5.41, 5.74) is 1.62. The number of aryl methyl sites for hydroxylation is 1. The second-order valence-corrected chi connectivity index (χ2v) is 4.79. The highest BCUT2D eigenvalue weighted by molar-refractivity contribution is 6.21. The van der Waals surface area contributed by atoms with E-state index in [4.69, 9.17) is 4.74 Å². The molecular formula is C17H16O5. The summed E-state index contributed by atoms with van der Waals surface area (Å²) < 4.78 is 5.11. The number of hydrogen-bond acceptors (Lipinski definition) is 4. The van der Waals surface area contributed by atoms with Gasteiger partial charge in [0.05, 0.1) is 12.7 Å². The lowest BCUT2D eigenvalue weighted by atomic mass is 9.98. The fourth-order valence-electron chi connectivity index (χ4n) is 2.13. The van der Waals surface area contributed by atoms with Gasteiger partial charge in [0.15, 0.2) is 0 Å². The van der Waals surface area contributed by atoms with Crippen molar-refractivity contribution in [3.63, 3.8) is 0 Å². The van der Waals surface area contributed by atoms with Crippen LogP contribution in [0.3, 0.4) is 0 Å². The minimum atomic E-state index is -1.11. The third-order valence-electron chi connectivity index (χ3n) is 3.27. The number of hydrogen-bond donors (Lipinski definition) is 3. The molecule has 0 spiro atoms. The highest BCUT2D eigenvalue weighted by atomic mass is 16.5. The van der Waals surface area contributed by atoms with Gasteiger partial charge in [-0.15, -0.1) is 0 Å². The number of aromatic hydroxyl groups is 2. The fourth-order valence-corrected chi connectivity index (χ4v) is 2.13. The Balaban J connectivity index is 2.55. The van der Waals surface area contributed by atoms with E-state index in [2.05, 4.69) is 0 Å². The normalized spacial score (nSPS) is 11.3. The molecule has 0 unspecified atom stereocenters. The van der Waals surface area contributed by atoms with Gasteiger partial charge < -0.3 is 20.1 Å². The molecule has 0 saturated heterocycles. The summed E-state index contributed by atoms with van der Waals surface area (Å²) in [6, 6.07) is 9.06. The number of carboxylic acids is 1. The van der Waals surface area contributed by atoms with Gasteiger partial charge in [-0.1, -0.05) is 6.07 Å². The summed E-state index contributed by atoms with van der Waals surface area (Å²) >= 11 is 0. The third-order valence-corrected chi connectivity index (χ3v) is 3.27. The van der Waals surface area contributed by atoms with Crippen molar-refractivity contribution in [2.75, 3.05) is 7.11 Å². The van der Waals surface area contributed by atoms with Crippen molar-refractivity contribution in [3.05, 3.63) is 53.1 Å². The van der Waals surface area contributed by atoms with Gasteiger partial charge >= 0.3 is 5.97 Å². The SMILES string of the molecule is COc1ccc(/C(=C/c2ccc(O)cc2O)C(=O)O)c(C)c1. The van der Waals surface area contributed by atoms with Gasteiger partial charge in [-0.3, -0.25) is 0 Å². The maximum atomic E-state index is 11.6. The van der Waals surface area contributed by atoms with Crippen LogP contribution in [0.5, 0.6) is 17.2 Å². The van der Waals surface area contributed by atoms with Gasteiger partial charge in [-0.25, -0.2) is 4.79 Å². The van der Waals surface area contributed by atoms with Crippen molar-refractivity contribution in [2.45, 2.75) is 6.92 Å². The Morgan fingerprint density at radius 3 is 2.41 bits per heavy atom. The maximum Gasteiger partial charge on any atom is 0.336 e. The second-order valence-electron chi connectivity index (χ2n) is 4.79. The summed E-state index contributed by atoms with van der Waals surface area (Å²) in [7, 11) is 1.54. The second kappa shape index (κ2) is 6.22. The number of benzene rings is 2. The molecule has 0 atom stereocenters. The van der Waals surface area contributed by atoms with Crippen molar-refractivity contribution < 1.29 is 24.9 Å². The van der Waals surface area contributed by atoms with Crippen LogP contribution in [0.4, 0.5) is 0 Å². The Kier molecular flexibility index (Phi) is 4.36. The van der Waals surface area contributed by atoms with E-state index in [1.807, 2.05) is 0 Å². The van der Waals surface area contributed by atoms with E-state index in [-0.39, 0.29) is 17.1 Å². The van der Waals surface area contributed by atoms with Gasteiger partial charge in [0.2, 0.25) is 0 Å². The molecule has 2 rings (SSSR count). The smallest absolute Gasteiger partial charge is 0.336 e. The van der Waals surface area contributed by atoms with E-state index in [0.717, 1.165) is 11.6 Å². The minimum Gasteiger partial charge on any atom is -0.508 e. The van der Waals surface area contributed by atoms with Crippen LogP contribution in [-0.2, 0) is 4.79 Å². The van der Waals surface area contributed by atoms with E-state index < -0.39 is 5.97 Å². The topological polar surface area (TPSA) is 87.0 Å². The molecule has 0 saturated carbocycles. The maximum absolute atomic E-state index is 11.6. The fraction of sp³-hybridized carbons (Fsp3) is 0.118.